The summed E-state index contributed by atoms with van der Waals surface area (Å²) in [5.74, 6) is -0.525. The summed E-state index contributed by atoms with van der Waals surface area (Å²) in [4.78, 5) is 28.9. The third kappa shape index (κ3) is 7.95. The fourth-order valence-corrected chi connectivity index (χ4v) is 9.46. The van der Waals surface area contributed by atoms with Crippen LogP contribution in [-0.4, -0.2) is 71.7 Å². The van der Waals surface area contributed by atoms with Crippen LogP contribution in [0.3, 0.4) is 0 Å². The van der Waals surface area contributed by atoms with Crippen LogP contribution in [0, 0.1) is 16.0 Å². The van der Waals surface area contributed by atoms with E-state index in [1.807, 2.05) is 12.1 Å². The Morgan fingerprint density at radius 1 is 0.895 bits per heavy atom. The van der Waals surface area contributed by atoms with Crippen LogP contribution in [0.5, 0.6) is 0 Å². The molecule has 12 nitrogen and oxygen atoms in total. The van der Waals surface area contributed by atoms with E-state index in [0.717, 1.165) is 50.7 Å². The number of nitro benzene ring substituents is 1. The largest absolute Gasteiger partial charge is 0.381 e. The minimum Gasteiger partial charge on any atom is -0.381 e. The SMILES string of the molecule is CN1c2ccccc2-c2ccccc2C1c1ccccc1CC1CNCCN1c1ccc(C(=O)NS(=O)(=O)c2ccc(NCC3CCOCC3)c([N+](=O)[O-])c2)cc1. The maximum absolute atomic E-state index is 13.3. The molecule has 3 aliphatic heterocycles. The Hall–Kier alpha value is -5.76. The van der Waals surface area contributed by atoms with Crippen molar-refractivity contribution in [2.75, 3.05) is 61.6 Å². The molecule has 0 aromatic heterocycles. The maximum Gasteiger partial charge on any atom is 0.293 e. The number of anilines is 3. The van der Waals surface area contributed by atoms with E-state index in [1.54, 1.807) is 12.1 Å². The molecule has 0 radical (unpaired) electrons. The van der Waals surface area contributed by atoms with Crippen molar-refractivity contribution in [1.29, 1.82) is 0 Å². The number of sulfonamides is 1. The number of para-hydroxylation sites is 1. The van der Waals surface area contributed by atoms with E-state index in [1.165, 1.54) is 45.6 Å². The highest BCUT2D eigenvalue weighted by molar-refractivity contribution is 7.90. The number of hydrogen-bond acceptors (Lipinski definition) is 10. The second-order valence-electron chi connectivity index (χ2n) is 14.9. The van der Waals surface area contributed by atoms with Gasteiger partial charge < -0.3 is 25.2 Å². The molecule has 0 bridgehead atoms. The van der Waals surface area contributed by atoms with Crippen molar-refractivity contribution in [1.82, 2.24) is 10.0 Å². The molecule has 3 N–H and O–H groups in total. The van der Waals surface area contributed by atoms with E-state index in [0.29, 0.717) is 25.7 Å². The number of carbonyl (C=O) groups is 1. The number of rotatable bonds is 11. The lowest BCUT2D eigenvalue weighted by molar-refractivity contribution is -0.384. The van der Waals surface area contributed by atoms with Crippen molar-refractivity contribution in [2.24, 2.45) is 5.92 Å². The highest BCUT2D eigenvalue weighted by Crippen LogP contribution is 2.47. The smallest absolute Gasteiger partial charge is 0.293 e. The van der Waals surface area contributed by atoms with Crippen molar-refractivity contribution in [3.05, 3.63) is 148 Å². The number of carbonyl (C=O) groups excluding carboxylic acids is 1. The lowest BCUT2D eigenvalue weighted by Gasteiger charge is -2.41. The molecule has 5 aromatic rings. The first-order valence-electron chi connectivity index (χ1n) is 19.4. The van der Waals surface area contributed by atoms with Crippen molar-refractivity contribution in [3.8, 4) is 11.1 Å². The van der Waals surface area contributed by atoms with Crippen LogP contribution in [0.15, 0.2) is 120 Å². The zero-order chi connectivity index (χ0) is 39.5. The van der Waals surface area contributed by atoms with E-state index in [9.17, 15) is 23.3 Å². The molecule has 294 valence electrons. The highest BCUT2D eigenvalue weighted by atomic mass is 32.2. The van der Waals surface area contributed by atoms with Crippen LogP contribution < -0.4 is 25.2 Å². The number of amides is 1. The fourth-order valence-electron chi connectivity index (χ4n) is 8.47. The Kier molecular flexibility index (Phi) is 11.0. The third-order valence-electron chi connectivity index (χ3n) is 11.5. The first-order chi connectivity index (χ1) is 27.7. The highest BCUT2D eigenvalue weighted by Gasteiger charge is 2.32. The molecule has 2 unspecified atom stereocenters. The summed E-state index contributed by atoms with van der Waals surface area (Å²) < 4.78 is 34.1. The van der Waals surface area contributed by atoms with Gasteiger partial charge in [-0.1, -0.05) is 66.7 Å². The molecule has 2 fully saturated rings. The quantitative estimate of drug-likeness (QED) is 0.0968. The van der Waals surface area contributed by atoms with Gasteiger partial charge >= 0.3 is 0 Å². The molecule has 2 saturated heterocycles. The first-order valence-corrected chi connectivity index (χ1v) is 20.9. The molecule has 3 heterocycles. The fraction of sp³-hybridized carbons (Fsp3) is 0.295. The van der Waals surface area contributed by atoms with Crippen LogP contribution >= 0.6 is 0 Å². The standard InChI is InChI=1S/C44H46N6O6S/c1-48-41-13-7-6-11-38(41)37-10-4-5-12-39(37)43(48)36-9-3-2-8-32(36)26-34-29-45-22-23-49(34)33-16-14-31(15-17-33)44(51)47-57(54,55)35-18-19-40(42(27-35)50(52)53)46-28-30-20-24-56-25-21-30/h2-19,27,30,34,43,45-46H,20-26,28-29H2,1H3,(H,47,51). The van der Waals surface area contributed by atoms with Gasteiger partial charge in [0.2, 0.25) is 0 Å². The van der Waals surface area contributed by atoms with Crippen molar-refractivity contribution in [3.63, 3.8) is 0 Å². The predicted octanol–water partition coefficient (Wildman–Crippen LogP) is 6.78. The number of nitrogens with zero attached hydrogens (tertiary/aromatic N) is 3. The summed E-state index contributed by atoms with van der Waals surface area (Å²) in [6.45, 7) is 4.11. The van der Waals surface area contributed by atoms with E-state index in [4.69, 9.17) is 4.74 Å². The van der Waals surface area contributed by atoms with Gasteiger partial charge in [0.05, 0.1) is 15.9 Å². The van der Waals surface area contributed by atoms with E-state index >= 15 is 0 Å². The minimum atomic E-state index is -4.41. The number of hydrogen-bond donors (Lipinski definition) is 3. The van der Waals surface area contributed by atoms with Crippen LogP contribution in [0.25, 0.3) is 11.1 Å². The Morgan fingerprint density at radius 3 is 2.37 bits per heavy atom. The Morgan fingerprint density at radius 2 is 1.60 bits per heavy atom. The number of benzene rings is 5. The topological polar surface area (TPSA) is 146 Å². The molecule has 0 spiro atoms. The number of piperazine rings is 1. The average Bonchev–Trinajstić information content (AvgIpc) is 3.24. The summed E-state index contributed by atoms with van der Waals surface area (Å²) in [7, 11) is -2.25. The third-order valence-corrected chi connectivity index (χ3v) is 12.8. The Balaban J connectivity index is 0.976. The van der Waals surface area contributed by atoms with E-state index in [-0.39, 0.29) is 33.9 Å². The maximum atomic E-state index is 13.3. The minimum absolute atomic E-state index is 0.0364. The molecule has 0 saturated carbocycles. The molecule has 3 aliphatic rings. The van der Waals surface area contributed by atoms with Gasteiger partial charge in [-0.2, -0.15) is 0 Å². The summed E-state index contributed by atoms with van der Waals surface area (Å²) in [5, 5.41) is 18.6. The Bertz CT molecular complexity index is 2380. The molecule has 5 aromatic carbocycles. The predicted molar refractivity (Wildman–Crippen MR) is 222 cm³/mol. The monoisotopic (exact) mass is 786 g/mol. The molecule has 57 heavy (non-hydrogen) atoms. The van der Waals surface area contributed by atoms with Gasteiger partial charge in [-0.25, -0.2) is 13.1 Å². The molecule has 0 aliphatic carbocycles. The van der Waals surface area contributed by atoms with E-state index < -0.39 is 20.9 Å². The van der Waals surface area contributed by atoms with Gasteiger partial charge in [-0.3, -0.25) is 14.9 Å². The van der Waals surface area contributed by atoms with E-state index in [2.05, 4.69) is 105 Å². The van der Waals surface area contributed by atoms with Crippen LogP contribution in [-0.2, 0) is 21.2 Å². The van der Waals surface area contributed by atoms with Crippen LogP contribution in [0.4, 0.5) is 22.7 Å². The molecule has 2 atom stereocenters. The summed E-state index contributed by atoms with van der Waals surface area (Å²) in [6.07, 6.45) is 2.47. The number of ether oxygens (including phenoxy) is 1. The van der Waals surface area contributed by atoms with Gasteiger partial charge in [0.1, 0.15) is 5.69 Å². The normalized spacial score (nSPS) is 18.3. The number of nitrogens with one attached hydrogen (secondary N) is 3. The lowest BCUT2D eigenvalue weighted by atomic mass is 9.83. The molecule has 1 amide bonds. The van der Waals surface area contributed by atoms with Gasteiger partial charge in [-0.15, -0.1) is 0 Å². The van der Waals surface area contributed by atoms with Crippen molar-refractivity contribution < 1.29 is 22.9 Å². The zero-order valence-corrected chi connectivity index (χ0v) is 32.6. The molecule has 8 rings (SSSR count). The Labute approximate surface area is 333 Å². The summed E-state index contributed by atoms with van der Waals surface area (Å²) in [6, 6.07) is 36.6. The van der Waals surface area contributed by atoms with Crippen molar-refractivity contribution in [2.45, 2.75) is 36.2 Å². The second kappa shape index (κ2) is 16.4. The second-order valence-corrected chi connectivity index (χ2v) is 16.6. The zero-order valence-electron chi connectivity index (χ0n) is 31.8. The average molecular weight is 787 g/mol. The molecular formula is C44H46N6O6S. The van der Waals surface area contributed by atoms with Gasteiger partial charge in [0, 0.05) is 81.1 Å². The molecular weight excluding hydrogens is 741 g/mol. The lowest BCUT2D eigenvalue weighted by Crippen LogP contribution is -2.52. The van der Waals surface area contributed by atoms with Gasteiger partial charge in [-0.05, 0) is 89.9 Å². The first kappa shape index (κ1) is 38.1. The number of nitro groups is 1. The van der Waals surface area contributed by atoms with Gasteiger partial charge in [0.15, 0.2) is 0 Å². The number of fused-ring (bicyclic) bond motifs is 3. The van der Waals surface area contributed by atoms with Crippen molar-refractivity contribution >= 4 is 38.7 Å². The van der Waals surface area contributed by atoms with Crippen LogP contribution in [0.2, 0.25) is 0 Å². The van der Waals surface area contributed by atoms with Crippen LogP contribution in [0.1, 0.15) is 45.9 Å². The molecule has 13 heteroatoms. The summed E-state index contributed by atoms with van der Waals surface area (Å²) in [5.41, 5.74) is 8.38. The summed E-state index contributed by atoms with van der Waals surface area (Å²) >= 11 is 0. The van der Waals surface area contributed by atoms with Gasteiger partial charge in [0.25, 0.3) is 21.6 Å².